The lowest BCUT2D eigenvalue weighted by atomic mass is 10.2. The van der Waals surface area contributed by atoms with Gasteiger partial charge in [-0.3, -0.25) is 4.79 Å². The van der Waals surface area contributed by atoms with E-state index in [2.05, 4.69) is 5.16 Å². The van der Waals surface area contributed by atoms with Gasteiger partial charge in [0.2, 0.25) is 0 Å². The number of halogens is 2. The zero-order valence-electron chi connectivity index (χ0n) is 13.0. The van der Waals surface area contributed by atoms with E-state index in [0.29, 0.717) is 13.2 Å². The third-order valence-corrected chi connectivity index (χ3v) is 3.61. The number of hydrogen-bond acceptors (Lipinski definition) is 3. The Hall–Kier alpha value is -2.04. The average molecular weight is 365 g/mol. The van der Waals surface area contributed by atoms with Gasteiger partial charge in [-0.05, 0) is 11.1 Å². The fourth-order valence-corrected chi connectivity index (χ4v) is 2.32. The number of alkyl halides is 2. The van der Waals surface area contributed by atoms with E-state index in [1.165, 1.54) is 11.1 Å². The minimum Gasteiger partial charge on any atom is -0.391 e. The zero-order valence-corrected chi connectivity index (χ0v) is 14.5. The largest absolute Gasteiger partial charge is 0.391 e. The predicted molar refractivity (Wildman–Crippen MR) is 97.1 cm³/mol. The van der Waals surface area contributed by atoms with Crippen LogP contribution >= 0.6 is 23.2 Å². The van der Waals surface area contributed by atoms with Crippen LogP contribution in [-0.2, 0) is 22.8 Å². The molecule has 24 heavy (non-hydrogen) atoms. The summed E-state index contributed by atoms with van der Waals surface area (Å²) in [4.78, 5) is 17.7. The molecule has 2 aromatic rings. The van der Waals surface area contributed by atoms with Crippen LogP contribution in [0.4, 0.5) is 0 Å². The van der Waals surface area contributed by atoms with Crippen LogP contribution in [0, 0.1) is 0 Å². The van der Waals surface area contributed by atoms with Crippen molar-refractivity contribution in [2.75, 3.05) is 6.54 Å². The molecule has 0 aliphatic rings. The van der Waals surface area contributed by atoms with E-state index >= 15 is 0 Å². The van der Waals surface area contributed by atoms with Crippen LogP contribution in [0.1, 0.15) is 11.1 Å². The van der Waals surface area contributed by atoms with Crippen molar-refractivity contribution in [1.29, 1.82) is 0 Å². The molecule has 0 atom stereocenters. The number of nitrogens with zero attached hydrogens (tertiary/aromatic N) is 2. The number of carbonyl (C=O) groups excluding carboxylic acids is 1. The van der Waals surface area contributed by atoms with Crippen molar-refractivity contribution in [3.63, 3.8) is 0 Å². The smallest absolute Gasteiger partial charge is 0.256 e. The van der Waals surface area contributed by atoms with Gasteiger partial charge in [0.25, 0.3) is 5.91 Å². The summed E-state index contributed by atoms with van der Waals surface area (Å²) in [5.74, 6) is -0.364. The summed E-state index contributed by atoms with van der Waals surface area (Å²) in [7, 11) is 0. The fraction of sp³-hybridized carbons (Fsp3) is 0.222. The standard InChI is InChI=1S/C18H18Cl2N2O2/c19-17(20)18(23)22(13-15-7-3-1-4-8-15)12-11-21-24-14-16-9-5-2-6-10-16/h1-11,17H,12-14H2/b21-11-. The highest BCUT2D eigenvalue weighted by Gasteiger charge is 2.19. The molecule has 0 radical (unpaired) electrons. The number of hydrogen-bond donors (Lipinski definition) is 0. The summed E-state index contributed by atoms with van der Waals surface area (Å²) in [5.41, 5.74) is 2.01. The zero-order chi connectivity index (χ0) is 17.2. The lowest BCUT2D eigenvalue weighted by Gasteiger charge is -2.21. The highest BCUT2D eigenvalue weighted by molar-refractivity contribution is 6.53. The van der Waals surface area contributed by atoms with E-state index in [-0.39, 0.29) is 12.5 Å². The summed E-state index contributed by atoms with van der Waals surface area (Å²) < 4.78 is 0. The maximum atomic E-state index is 12.1. The molecule has 0 saturated heterocycles. The predicted octanol–water partition coefficient (Wildman–Crippen LogP) is 4.02. The average Bonchev–Trinajstić information content (AvgIpc) is 2.61. The van der Waals surface area contributed by atoms with E-state index in [9.17, 15) is 4.79 Å². The SMILES string of the molecule is O=C(C(Cl)Cl)N(C/C=N\OCc1ccccc1)Cc1ccccc1. The first kappa shape index (κ1) is 18.3. The molecule has 0 N–H and O–H groups in total. The van der Waals surface area contributed by atoms with Gasteiger partial charge in [-0.1, -0.05) is 89.0 Å². The Labute approximate surface area is 151 Å². The Balaban J connectivity index is 1.88. The molecule has 126 valence electrons. The molecule has 4 nitrogen and oxygen atoms in total. The first-order valence-electron chi connectivity index (χ1n) is 7.45. The van der Waals surface area contributed by atoms with Crippen LogP contribution in [0.3, 0.4) is 0 Å². The van der Waals surface area contributed by atoms with Crippen molar-refractivity contribution in [2.24, 2.45) is 5.16 Å². The van der Waals surface area contributed by atoms with Crippen molar-refractivity contribution in [3.05, 3.63) is 71.8 Å². The van der Waals surface area contributed by atoms with Crippen molar-refractivity contribution in [2.45, 2.75) is 18.0 Å². The molecule has 0 heterocycles. The fourth-order valence-electron chi connectivity index (χ4n) is 2.04. The first-order valence-corrected chi connectivity index (χ1v) is 8.32. The monoisotopic (exact) mass is 364 g/mol. The van der Waals surface area contributed by atoms with Crippen molar-refractivity contribution >= 4 is 35.3 Å². The normalized spacial score (nSPS) is 11.0. The van der Waals surface area contributed by atoms with Crippen molar-refractivity contribution < 1.29 is 9.63 Å². The van der Waals surface area contributed by atoms with Gasteiger partial charge in [-0.25, -0.2) is 0 Å². The molecule has 0 bridgehead atoms. The van der Waals surface area contributed by atoms with E-state index in [0.717, 1.165) is 11.1 Å². The van der Waals surface area contributed by atoms with Crippen LogP contribution in [0.25, 0.3) is 0 Å². The minimum absolute atomic E-state index is 0.262. The molecule has 2 rings (SSSR count). The van der Waals surface area contributed by atoms with Gasteiger partial charge in [0.1, 0.15) is 6.61 Å². The van der Waals surface area contributed by atoms with Gasteiger partial charge in [-0.2, -0.15) is 0 Å². The summed E-state index contributed by atoms with van der Waals surface area (Å²) in [5, 5.41) is 3.88. The van der Waals surface area contributed by atoms with Crippen LogP contribution < -0.4 is 0 Å². The number of oxime groups is 1. The Bertz CT molecular complexity index is 649. The second-order valence-electron chi connectivity index (χ2n) is 5.05. The Morgan fingerprint density at radius 1 is 1.04 bits per heavy atom. The van der Waals surface area contributed by atoms with Gasteiger partial charge in [0.05, 0.1) is 12.8 Å². The highest BCUT2D eigenvalue weighted by atomic mass is 35.5. The first-order chi connectivity index (χ1) is 11.7. The van der Waals surface area contributed by atoms with Crippen LogP contribution in [0.5, 0.6) is 0 Å². The minimum atomic E-state index is -1.10. The molecular weight excluding hydrogens is 347 g/mol. The van der Waals surface area contributed by atoms with Gasteiger partial charge < -0.3 is 9.74 Å². The van der Waals surface area contributed by atoms with E-state index in [1.54, 1.807) is 0 Å². The molecular formula is C18H18Cl2N2O2. The molecule has 2 aromatic carbocycles. The number of carbonyl (C=O) groups is 1. The van der Waals surface area contributed by atoms with Gasteiger partial charge in [0, 0.05) is 6.54 Å². The van der Waals surface area contributed by atoms with Gasteiger partial charge in [-0.15, -0.1) is 0 Å². The Kier molecular flexibility index (Phi) is 7.59. The van der Waals surface area contributed by atoms with Crippen LogP contribution in [0.2, 0.25) is 0 Å². The summed E-state index contributed by atoms with van der Waals surface area (Å²) >= 11 is 11.4. The maximum Gasteiger partial charge on any atom is 0.256 e. The van der Waals surface area contributed by atoms with E-state index < -0.39 is 4.84 Å². The molecule has 0 saturated carbocycles. The van der Waals surface area contributed by atoms with Crippen molar-refractivity contribution in [1.82, 2.24) is 4.90 Å². The molecule has 0 spiro atoms. The molecule has 0 aliphatic heterocycles. The van der Waals surface area contributed by atoms with E-state index in [1.807, 2.05) is 60.7 Å². The second kappa shape index (κ2) is 9.96. The van der Waals surface area contributed by atoms with E-state index in [4.69, 9.17) is 28.0 Å². The Morgan fingerprint density at radius 3 is 2.21 bits per heavy atom. The molecule has 0 fully saturated rings. The van der Waals surface area contributed by atoms with Crippen LogP contribution in [0.15, 0.2) is 65.8 Å². The topological polar surface area (TPSA) is 41.9 Å². The lowest BCUT2D eigenvalue weighted by molar-refractivity contribution is -0.129. The van der Waals surface area contributed by atoms with Gasteiger partial charge in [0.15, 0.2) is 4.84 Å². The number of rotatable bonds is 8. The maximum absolute atomic E-state index is 12.1. The second-order valence-corrected chi connectivity index (χ2v) is 6.15. The van der Waals surface area contributed by atoms with Crippen molar-refractivity contribution in [3.8, 4) is 0 Å². The number of benzene rings is 2. The van der Waals surface area contributed by atoms with Gasteiger partial charge >= 0.3 is 0 Å². The lowest BCUT2D eigenvalue weighted by Crippen LogP contribution is -2.35. The number of amides is 1. The molecule has 0 unspecified atom stereocenters. The summed E-state index contributed by atoms with van der Waals surface area (Å²) in [6, 6.07) is 19.3. The third-order valence-electron chi connectivity index (χ3n) is 3.24. The molecule has 0 aliphatic carbocycles. The molecule has 0 aromatic heterocycles. The highest BCUT2D eigenvalue weighted by Crippen LogP contribution is 2.11. The molecule has 6 heteroatoms. The summed E-state index contributed by atoms with van der Waals surface area (Å²) in [6.45, 7) is 1.04. The Morgan fingerprint density at radius 2 is 1.62 bits per heavy atom. The van der Waals surface area contributed by atoms with Crippen LogP contribution in [-0.4, -0.2) is 28.4 Å². The quantitative estimate of drug-likeness (QED) is 0.403. The third kappa shape index (κ3) is 6.22. The molecule has 1 amide bonds. The summed E-state index contributed by atoms with van der Waals surface area (Å²) in [6.07, 6.45) is 1.53.